The zero-order valence-electron chi connectivity index (χ0n) is 12.6. The molecule has 0 bridgehead atoms. The topological polar surface area (TPSA) is 29.9 Å². The van der Waals surface area contributed by atoms with Crippen LogP contribution in [0.2, 0.25) is 5.02 Å². The molecular formula is C16H22ClN3. The van der Waals surface area contributed by atoms with E-state index in [9.17, 15) is 0 Å². The van der Waals surface area contributed by atoms with Gasteiger partial charge in [-0.15, -0.1) is 0 Å². The van der Waals surface area contributed by atoms with Gasteiger partial charge in [-0.05, 0) is 50.9 Å². The lowest BCUT2D eigenvalue weighted by Gasteiger charge is -2.19. The van der Waals surface area contributed by atoms with Gasteiger partial charge in [0.25, 0.3) is 0 Å². The van der Waals surface area contributed by atoms with E-state index in [4.69, 9.17) is 11.6 Å². The number of halogens is 1. The fourth-order valence-electron chi connectivity index (χ4n) is 2.47. The van der Waals surface area contributed by atoms with E-state index in [0.717, 1.165) is 23.7 Å². The van der Waals surface area contributed by atoms with Crippen molar-refractivity contribution in [2.75, 3.05) is 7.05 Å². The van der Waals surface area contributed by atoms with Crippen LogP contribution >= 0.6 is 11.6 Å². The highest BCUT2D eigenvalue weighted by atomic mass is 35.5. The van der Waals surface area contributed by atoms with Gasteiger partial charge in [0.1, 0.15) is 0 Å². The number of hydrogen-bond donors (Lipinski definition) is 1. The Hall–Kier alpha value is -1.32. The zero-order chi connectivity index (χ0) is 14.7. The molecule has 4 heteroatoms. The van der Waals surface area contributed by atoms with Gasteiger partial charge >= 0.3 is 0 Å². The van der Waals surface area contributed by atoms with Gasteiger partial charge in [-0.3, -0.25) is 4.68 Å². The van der Waals surface area contributed by atoms with Crippen molar-refractivity contribution in [2.24, 2.45) is 0 Å². The van der Waals surface area contributed by atoms with E-state index >= 15 is 0 Å². The minimum absolute atomic E-state index is 0.173. The molecule has 0 amide bonds. The van der Waals surface area contributed by atoms with E-state index in [1.165, 1.54) is 16.7 Å². The second kappa shape index (κ2) is 6.42. The van der Waals surface area contributed by atoms with Gasteiger partial charge in [0, 0.05) is 6.54 Å². The van der Waals surface area contributed by atoms with Gasteiger partial charge in [0.05, 0.1) is 23.0 Å². The average Bonchev–Trinajstić information content (AvgIpc) is 2.81. The molecule has 0 aliphatic carbocycles. The van der Waals surface area contributed by atoms with Crippen LogP contribution in [0.4, 0.5) is 0 Å². The fourth-order valence-corrected chi connectivity index (χ4v) is 2.74. The number of likely N-dealkylation sites (N-methyl/N-ethyl adjacent to an activating group) is 1. The standard InChI is InChI=1S/C16H22ClN3/c1-5-20-16(14(17)10-19-20)15(18-4)9-13-7-6-11(2)12(3)8-13/h6-8,10,15,18H,5,9H2,1-4H3. The number of rotatable bonds is 5. The summed E-state index contributed by atoms with van der Waals surface area (Å²) in [5.74, 6) is 0. The lowest BCUT2D eigenvalue weighted by Crippen LogP contribution is -2.22. The molecule has 0 aliphatic rings. The van der Waals surface area contributed by atoms with E-state index in [2.05, 4.69) is 49.4 Å². The second-order valence-corrected chi connectivity index (χ2v) is 5.56. The van der Waals surface area contributed by atoms with Crippen LogP contribution in [-0.2, 0) is 13.0 Å². The van der Waals surface area contributed by atoms with Crippen LogP contribution in [0.3, 0.4) is 0 Å². The Morgan fingerprint density at radius 1 is 1.30 bits per heavy atom. The first-order valence-electron chi connectivity index (χ1n) is 7.01. The van der Waals surface area contributed by atoms with Crippen molar-refractivity contribution >= 4 is 11.6 Å². The molecule has 0 fully saturated rings. The van der Waals surface area contributed by atoms with Crippen molar-refractivity contribution in [3.63, 3.8) is 0 Å². The molecule has 3 nitrogen and oxygen atoms in total. The molecule has 20 heavy (non-hydrogen) atoms. The number of benzene rings is 1. The number of aryl methyl sites for hydroxylation is 3. The van der Waals surface area contributed by atoms with Crippen LogP contribution in [0.25, 0.3) is 0 Å². The van der Waals surface area contributed by atoms with E-state index < -0.39 is 0 Å². The molecule has 1 unspecified atom stereocenters. The first-order chi connectivity index (χ1) is 9.56. The summed E-state index contributed by atoms with van der Waals surface area (Å²) in [4.78, 5) is 0. The lowest BCUT2D eigenvalue weighted by molar-refractivity contribution is 0.513. The van der Waals surface area contributed by atoms with Crippen LogP contribution in [0, 0.1) is 13.8 Å². The average molecular weight is 292 g/mol. The summed E-state index contributed by atoms with van der Waals surface area (Å²) in [5, 5.41) is 8.41. The number of hydrogen-bond acceptors (Lipinski definition) is 2. The number of nitrogens with one attached hydrogen (secondary N) is 1. The minimum atomic E-state index is 0.173. The third-order valence-electron chi connectivity index (χ3n) is 3.82. The Morgan fingerprint density at radius 2 is 2.05 bits per heavy atom. The molecule has 0 saturated carbocycles. The monoisotopic (exact) mass is 291 g/mol. The summed E-state index contributed by atoms with van der Waals surface area (Å²) in [6.45, 7) is 7.19. The molecule has 0 radical (unpaired) electrons. The summed E-state index contributed by atoms with van der Waals surface area (Å²) in [5.41, 5.74) is 5.03. The minimum Gasteiger partial charge on any atom is -0.311 e. The van der Waals surface area contributed by atoms with Crippen molar-refractivity contribution in [3.05, 3.63) is 51.8 Å². The van der Waals surface area contributed by atoms with Crippen molar-refractivity contribution in [1.29, 1.82) is 0 Å². The first kappa shape index (κ1) is 15.1. The van der Waals surface area contributed by atoms with Crippen LogP contribution in [0.15, 0.2) is 24.4 Å². The Bertz CT molecular complexity index is 589. The van der Waals surface area contributed by atoms with Gasteiger partial charge < -0.3 is 5.32 Å². The molecule has 1 heterocycles. The van der Waals surface area contributed by atoms with Crippen molar-refractivity contribution in [3.8, 4) is 0 Å². The van der Waals surface area contributed by atoms with Gasteiger partial charge in [-0.25, -0.2) is 0 Å². The highest BCUT2D eigenvalue weighted by Crippen LogP contribution is 2.26. The third-order valence-corrected chi connectivity index (χ3v) is 4.11. The van der Waals surface area contributed by atoms with Crippen LogP contribution in [0.1, 0.15) is 35.3 Å². The van der Waals surface area contributed by atoms with Gasteiger partial charge in [0.15, 0.2) is 0 Å². The molecule has 0 spiro atoms. The normalized spacial score (nSPS) is 12.7. The quantitative estimate of drug-likeness (QED) is 0.911. The summed E-state index contributed by atoms with van der Waals surface area (Å²) in [6, 6.07) is 6.79. The van der Waals surface area contributed by atoms with E-state index in [1.54, 1.807) is 6.20 Å². The Kier molecular flexibility index (Phi) is 4.84. The summed E-state index contributed by atoms with van der Waals surface area (Å²) >= 11 is 6.30. The fraction of sp³-hybridized carbons (Fsp3) is 0.438. The van der Waals surface area contributed by atoms with Crippen molar-refractivity contribution < 1.29 is 0 Å². The molecule has 2 rings (SSSR count). The third kappa shape index (κ3) is 3.05. The van der Waals surface area contributed by atoms with Crippen LogP contribution in [0.5, 0.6) is 0 Å². The lowest BCUT2D eigenvalue weighted by atomic mass is 9.99. The van der Waals surface area contributed by atoms with Gasteiger partial charge in [0.2, 0.25) is 0 Å². The predicted octanol–water partition coefficient (Wildman–Crippen LogP) is 3.68. The zero-order valence-corrected chi connectivity index (χ0v) is 13.3. The Morgan fingerprint density at radius 3 is 2.65 bits per heavy atom. The highest BCUT2D eigenvalue weighted by Gasteiger charge is 2.19. The van der Waals surface area contributed by atoms with E-state index in [-0.39, 0.29) is 6.04 Å². The number of nitrogens with zero attached hydrogens (tertiary/aromatic N) is 2. The van der Waals surface area contributed by atoms with Crippen molar-refractivity contribution in [2.45, 2.75) is 39.8 Å². The van der Waals surface area contributed by atoms with Gasteiger partial charge in [-0.2, -0.15) is 5.10 Å². The number of aromatic nitrogens is 2. The summed E-state index contributed by atoms with van der Waals surface area (Å²) < 4.78 is 1.96. The molecular weight excluding hydrogens is 270 g/mol. The summed E-state index contributed by atoms with van der Waals surface area (Å²) in [7, 11) is 1.97. The van der Waals surface area contributed by atoms with Crippen LogP contribution < -0.4 is 5.32 Å². The van der Waals surface area contributed by atoms with Crippen LogP contribution in [-0.4, -0.2) is 16.8 Å². The molecule has 2 aromatic rings. The SMILES string of the molecule is CCn1ncc(Cl)c1C(Cc1ccc(C)c(C)c1)NC. The maximum absolute atomic E-state index is 6.30. The Balaban J connectivity index is 2.28. The largest absolute Gasteiger partial charge is 0.311 e. The summed E-state index contributed by atoms with van der Waals surface area (Å²) in [6.07, 6.45) is 2.63. The van der Waals surface area contributed by atoms with Gasteiger partial charge in [-0.1, -0.05) is 29.8 Å². The highest BCUT2D eigenvalue weighted by molar-refractivity contribution is 6.31. The molecule has 108 valence electrons. The maximum Gasteiger partial charge on any atom is 0.0834 e. The first-order valence-corrected chi connectivity index (χ1v) is 7.39. The molecule has 1 atom stereocenters. The smallest absolute Gasteiger partial charge is 0.0834 e. The van der Waals surface area contributed by atoms with E-state index in [1.807, 2.05) is 11.7 Å². The van der Waals surface area contributed by atoms with Crippen molar-refractivity contribution in [1.82, 2.24) is 15.1 Å². The maximum atomic E-state index is 6.30. The molecule has 0 aliphatic heterocycles. The molecule has 0 saturated heterocycles. The van der Waals surface area contributed by atoms with E-state index in [0.29, 0.717) is 0 Å². The Labute approximate surface area is 126 Å². The predicted molar refractivity (Wildman–Crippen MR) is 84.3 cm³/mol. The second-order valence-electron chi connectivity index (χ2n) is 5.16. The molecule has 1 aromatic heterocycles. The molecule has 1 aromatic carbocycles. The molecule has 1 N–H and O–H groups in total.